The number of anilines is 2. The van der Waals surface area contributed by atoms with Crippen LogP contribution in [0.5, 0.6) is 0 Å². The molecule has 0 aliphatic carbocycles. The molecule has 0 radical (unpaired) electrons. The van der Waals surface area contributed by atoms with Crippen molar-refractivity contribution in [1.82, 2.24) is 14.9 Å². The van der Waals surface area contributed by atoms with E-state index in [-0.39, 0.29) is 6.61 Å². The fourth-order valence-electron chi connectivity index (χ4n) is 4.54. The van der Waals surface area contributed by atoms with Crippen molar-refractivity contribution in [3.8, 4) is 0 Å². The van der Waals surface area contributed by atoms with Gasteiger partial charge in [-0.05, 0) is 57.2 Å². The van der Waals surface area contributed by atoms with Crippen LogP contribution < -0.4 is 10.2 Å². The predicted molar refractivity (Wildman–Crippen MR) is 117 cm³/mol. The third-order valence-electron chi connectivity index (χ3n) is 6.27. The number of aromatic nitrogens is 2. The summed E-state index contributed by atoms with van der Waals surface area (Å²) in [7, 11) is 0. The van der Waals surface area contributed by atoms with Gasteiger partial charge in [0.25, 0.3) is 0 Å². The summed E-state index contributed by atoms with van der Waals surface area (Å²) in [6, 6.07) is 11.3. The smallest absolute Gasteiger partial charge is 0.134 e. The molecular formula is C23H33N5O. The van der Waals surface area contributed by atoms with E-state index >= 15 is 0 Å². The monoisotopic (exact) mass is 395 g/mol. The third kappa shape index (κ3) is 5.06. The Kier molecular flexibility index (Phi) is 6.62. The maximum absolute atomic E-state index is 9.51. The first-order valence-corrected chi connectivity index (χ1v) is 11.0. The summed E-state index contributed by atoms with van der Waals surface area (Å²) in [4.78, 5) is 13.8. The molecule has 1 aromatic carbocycles. The largest absolute Gasteiger partial charge is 0.396 e. The number of benzene rings is 1. The first-order valence-electron chi connectivity index (χ1n) is 11.0. The molecule has 0 bridgehead atoms. The number of aryl methyl sites for hydroxylation is 1. The minimum absolute atomic E-state index is 0.251. The van der Waals surface area contributed by atoms with Gasteiger partial charge in [0.15, 0.2) is 0 Å². The minimum Gasteiger partial charge on any atom is -0.396 e. The van der Waals surface area contributed by atoms with Gasteiger partial charge < -0.3 is 15.3 Å². The highest BCUT2D eigenvalue weighted by Crippen LogP contribution is 2.27. The number of nitrogens with one attached hydrogen (secondary N) is 1. The van der Waals surface area contributed by atoms with Crippen LogP contribution in [0.4, 0.5) is 11.6 Å². The fraction of sp³-hybridized carbons (Fsp3) is 0.565. The van der Waals surface area contributed by atoms with Gasteiger partial charge in [-0.2, -0.15) is 0 Å². The maximum Gasteiger partial charge on any atom is 0.134 e. The van der Waals surface area contributed by atoms with Crippen molar-refractivity contribution in [1.29, 1.82) is 0 Å². The summed E-state index contributed by atoms with van der Waals surface area (Å²) < 4.78 is 0. The van der Waals surface area contributed by atoms with E-state index in [0.717, 1.165) is 57.2 Å². The molecule has 0 spiro atoms. The molecule has 29 heavy (non-hydrogen) atoms. The molecule has 6 nitrogen and oxygen atoms in total. The molecule has 2 aromatic rings. The number of hydrogen-bond acceptors (Lipinski definition) is 6. The van der Waals surface area contributed by atoms with Gasteiger partial charge >= 0.3 is 0 Å². The fourth-order valence-corrected chi connectivity index (χ4v) is 4.54. The zero-order chi connectivity index (χ0) is 20.1. The lowest BCUT2D eigenvalue weighted by molar-refractivity contribution is 0.208. The lowest BCUT2D eigenvalue weighted by atomic mass is 9.99. The van der Waals surface area contributed by atoms with Gasteiger partial charge in [-0.1, -0.05) is 29.8 Å². The van der Waals surface area contributed by atoms with Crippen molar-refractivity contribution < 1.29 is 5.11 Å². The second-order valence-electron chi connectivity index (χ2n) is 8.45. The Bertz CT molecular complexity index is 775. The van der Waals surface area contributed by atoms with Gasteiger partial charge in [0.05, 0.1) is 6.04 Å². The van der Waals surface area contributed by atoms with Gasteiger partial charge in [0.1, 0.15) is 18.0 Å². The molecule has 6 heteroatoms. The molecule has 2 unspecified atom stereocenters. The van der Waals surface area contributed by atoms with Crippen LogP contribution in [0.2, 0.25) is 0 Å². The molecular weight excluding hydrogens is 362 g/mol. The van der Waals surface area contributed by atoms with Gasteiger partial charge in [-0.15, -0.1) is 0 Å². The van der Waals surface area contributed by atoms with E-state index in [4.69, 9.17) is 0 Å². The normalized spacial score (nSPS) is 21.3. The highest BCUT2D eigenvalue weighted by atomic mass is 16.3. The standard InChI is InChI=1S/C23H33N5O/c1-18-6-8-20(9-7-18)21(27-10-2-3-11-27)14-24-22-13-23(26-17-25-22)28-12-4-5-19(15-28)16-29/h6-9,13,17,19,21,29H,2-5,10-12,14-16H2,1H3,(H,24,25,26). The predicted octanol–water partition coefficient (Wildman–Crippen LogP) is 3.24. The number of piperidine rings is 1. The Balaban J connectivity index is 1.45. The van der Waals surface area contributed by atoms with E-state index < -0.39 is 0 Å². The number of rotatable bonds is 7. The Morgan fingerprint density at radius 1 is 1.10 bits per heavy atom. The number of aliphatic hydroxyl groups is 1. The maximum atomic E-state index is 9.51. The van der Waals surface area contributed by atoms with E-state index in [0.29, 0.717) is 12.0 Å². The lowest BCUT2D eigenvalue weighted by Gasteiger charge is -2.33. The van der Waals surface area contributed by atoms with Crippen molar-refractivity contribution in [2.45, 2.75) is 38.6 Å². The van der Waals surface area contributed by atoms with Gasteiger partial charge in [-0.25, -0.2) is 9.97 Å². The average Bonchev–Trinajstić information content (AvgIpc) is 3.30. The van der Waals surface area contributed by atoms with E-state index in [1.807, 2.05) is 0 Å². The first-order chi connectivity index (χ1) is 14.2. The Hall–Kier alpha value is -2.18. The molecule has 1 aromatic heterocycles. The zero-order valence-corrected chi connectivity index (χ0v) is 17.4. The van der Waals surface area contributed by atoms with E-state index in [2.05, 4.69) is 62.3 Å². The van der Waals surface area contributed by atoms with Crippen molar-refractivity contribution in [2.24, 2.45) is 5.92 Å². The van der Waals surface area contributed by atoms with Crippen LogP contribution in [0, 0.1) is 12.8 Å². The second-order valence-corrected chi connectivity index (χ2v) is 8.45. The molecule has 156 valence electrons. The topological polar surface area (TPSA) is 64.5 Å². The number of aliphatic hydroxyl groups excluding tert-OH is 1. The highest BCUT2D eigenvalue weighted by molar-refractivity contribution is 5.49. The van der Waals surface area contributed by atoms with Crippen LogP contribution in [-0.2, 0) is 0 Å². The Morgan fingerprint density at radius 2 is 1.90 bits per heavy atom. The van der Waals surface area contributed by atoms with Crippen LogP contribution in [0.15, 0.2) is 36.7 Å². The summed E-state index contributed by atoms with van der Waals surface area (Å²) in [6.07, 6.45) is 6.40. The summed E-state index contributed by atoms with van der Waals surface area (Å²) in [5, 5.41) is 13.1. The molecule has 3 heterocycles. The van der Waals surface area contributed by atoms with Crippen LogP contribution in [0.1, 0.15) is 42.9 Å². The molecule has 2 fully saturated rings. The summed E-state index contributed by atoms with van der Waals surface area (Å²) >= 11 is 0. The van der Waals surface area contributed by atoms with Crippen LogP contribution in [0.3, 0.4) is 0 Å². The SMILES string of the molecule is Cc1ccc(C(CNc2cc(N3CCCC(CO)C3)ncn2)N2CCCC2)cc1. The highest BCUT2D eigenvalue weighted by Gasteiger charge is 2.24. The molecule has 4 rings (SSSR count). The van der Waals surface area contributed by atoms with E-state index in [9.17, 15) is 5.11 Å². The molecule has 2 aliphatic heterocycles. The van der Waals surface area contributed by atoms with Crippen molar-refractivity contribution in [2.75, 3.05) is 49.5 Å². The van der Waals surface area contributed by atoms with E-state index in [1.165, 1.54) is 24.0 Å². The number of nitrogens with zero attached hydrogens (tertiary/aromatic N) is 4. The van der Waals surface area contributed by atoms with Crippen LogP contribution >= 0.6 is 0 Å². The molecule has 0 saturated carbocycles. The third-order valence-corrected chi connectivity index (χ3v) is 6.27. The quantitative estimate of drug-likeness (QED) is 0.750. The molecule has 0 amide bonds. The van der Waals surface area contributed by atoms with Crippen molar-refractivity contribution >= 4 is 11.6 Å². The zero-order valence-electron chi connectivity index (χ0n) is 17.4. The number of likely N-dealkylation sites (tertiary alicyclic amines) is 1. The van der Waals surface area contributed by atoms with E-state index in [1.54, 1.807) is 6.33 Å². The summed E-state index contributed by atoms with van der Waals surface area (Å²) in [6.45, 7) is 7.40. The molecule has 2 atom stereocenters. The van der Waals surface area contributed by atoms with Gasteiger partial charge in [0, 0.05) is 32.3 Å². The molecule has 2 saturated heterocycles. The Labute approximate surface area is 174 Å². The Morgan fingerprint density at radius 3 is 2.66 bits per heavy atom. The van der Waals surface area contributed by atoms with Crippen LogP contribution in [0.25, 0.3) is 0 Å². The second kappa shape index (κ2) is 9.55. The van der Waals surface area contributed by atoms with Crippen molar-refractivity contribution in [3.05, 3.63) is 47.8 Å². The first kappa shape index (κ1) is 20.1. The van der Waals surface area contributed by atoms with Gasteiger partial charge in [-0.3, -0.25) is 4.90 Å². The van der Waals surface area contributed by atoms with Crippen molar-refractivity contribution in [3.63, 3.8) is 0 Å². The minimum atomic E-state index is 0.251. The summed E-state index contributed by atoms with van der Waals surface area (Å²) in [5.74, 6) is 2.17. The molecule has 2 aliphatic rings. The van der Waals surface area contributed by atoms with Gasteiger partial charge in [0.2, 0.25) is 0 Å². The lowest BCUT2D eigenvalue weighted by Crippen LogP contribution is -2.37. The number of hydrogen-bond donors (Lipinski definition) is 2. The summed E-state index contributed by atoms with van der Waals surface area (Å²) in [5.41, 5.74) is 2.66. The molecule has 2 N–H and O–H groups in total. The van der Waals surface area contributed by atoms with Crippen LogP contribution in [-0.4, -0.2) is 59.3 Å². The average molecular weight is 396 g/mol.